The van der Waals surface area contributed by atoms with Gasteiger partial charge >= 0.3 is 0 Å². The average molecular weight is 426 g/mol. The summed E-state index contributed by atoms with van der Waals surface area (Å²) in [6.07, 6.45) is 0. The summed E-state index contributed by atoms with van der Waals surface area (Å²) >= 11 is 3.27. The highest BCUT2D eigenvalue weighted by Crippen LogP contribution is 2.34. The molecule has 0 fully saturated rings. The Labute approximate surface area is 153 Å². The highest BCUT2D eigenvalue weighted by Gasteiger charge is 2.28. The number of nitriles is 1. The van der Waals surface area contributed by atoms with Crippen molar-refractivity contribution >= 4 is 15.9 Å². The molecule has 2 aromatic carbocycles. The predicted molar refractivity (Wildman–Crippen MR) is 87.1 cm³/mol. The van der Waals surface area contributed by atoms with E-state index in [1.807, 2.05) is 0 Å². The number of hydrogen-bond acceptors (Lipinski definition) is 3. The van der Waals surface area contributed by atoms with Crippen LogP contribution in [0.1, 0.15) is 11.3 Å². The fourth-order valence-electron chi connectivity index (χ4n) is 2.22. The molecule has 0 radical (unpaired) electrons. The summed E-state index contributed by atoms with van der Waals surface area (Å²) in [4.78, 5) is 0. The van der Waals surface area contributed by atoms with E-state index in [-0.39, 0.29) is 5.88 Å². The molecule has 0 saturated carbocycles. The van der Waals surface area contributed by atoms with Gasteiger partial charge in [-0.1, -0.05) is 15.9 Å². The van der Waals surface area contributed by atoms with Gasteiger partial charge in [0.2, 0.25) is 23.3 Å². The Hall–Kier alpha value is -2.86. The van der Waals surface area contributed by atoms with Crippen molar-refractivity contribution in [1.82, 2.24) is 9.78 Å². The monoisotopic (exact) mass is 425 g/mol. The summed E-state index contributed by atoms with van der Waals surface area (Å²) in [6, 6.07) is 9.13. The van der Waals surface area contributed by atoms with Crippen LogP contribution in [0.25, 0.3) is 5.69 Å². The molecule has 132 valence electrons. The first-order valence-electron chi connectivity index (χ1n) is 7.10. The first-order valence-corrected chi connectivity index (χ1v) is 7.89. The van der Waals surface area contributed by atoms with Crippen LogP contribution in [-0.2, 0) is 0 Å². The number of aryl methyl sites for hydroxylation is 1. The van der Waals surface area contributed by atoms with E-state index in [4.69, 9.17) is 10.00 Å². The standard InChI is InChI=1S/C17H8BrF4N3O/c1-8-6-12(25(24-8)10-4-2-9(18)3-5-10)26-17-15(21)13(19)11(7-23)14(20)16(17)22/h2-6H,1H3. The maximum Gasteiger partial charge on any atom is 0.223 e. The van der Waals surface area contributed by atoms with E-state index in [9.17, 15) is 17.6 Å². The van der Waals surface area contributed by atoms with E-state index in [0.717, 1.165) is 10.5 Å². The SMILES string of the molecule is Cc1cc(Oc2c(F)c(F)c(C#N)c(F)c2F)n(-c2ccc(Br)cc2)n1. The summed E-state index contributed by atoms with van der Waals surface area (Å²) in [7, 11) is 0. The second kappa shape index (κ2) is 6.80. The number of rotatable bonds is 3. The third-order valence-electron chi connectivity index (χ3n) is 3.41. The smallest absolute Gasteiger partial charge is 0.223 e. The summed E-state index contributed by atoms with van der Waals surface area (Å²) in [6.45, 7) is 1.61. The van der Waals surface area contributed by atoms with E-state index >= 15 is 0 Å². The van der Waals surface area contributed by atoms with Gasteiger partial charge in [0.25, 0.3) is 0 Å². The molecule has 3 aromatic rings. The van der Waals surface area contributed by atoms with Crippen molar-refractivity contribution in [2.75, 3.05) is 0 Å². The topological polar surface area (TPSA) is 50.8 Å². The minimum absolute atomic E-state index is 0.161. The molecule has 26 heavy (non-hydrogen) atoms. The Kier molecular flexibility index (Phi) is 4.70. The summed E-state index contributed by atoms with van der Waals surface area (Å²) in [5.74, 6) is -8.72. The number of hydrogen-bond donors (Lipinski definition) is 0. The highest BCUT2D eigenvalue weighted by atomic mass is 79.9. The fraction of sp³-hybridized carbons (Fsp3) is 0.0588. The first kappa shape index (κ1) is 17.9. The lowest BCUT2D eigenvalue weighted by molar-refractivity contribution is 0.351. The zero-order valence-electron chi connectivity index (χ0n) is 13.0. The van der Waals surface area contributed by atoms with Crippen LogP contribution in [0.15, 0.2) is 34.8 Å². The lowest BCUT2D eigenvalue weighted by atomic mass is 10.2. The number of benzene rings is 2. The second-order valence-corrected chi connectivity index (χ2v) is 6.10. The molecule has 1 aromatic heterocycles. The minimum atomic E-state index is -1.83. The van der Waals surface area contributed by atoms with Crippen molar-refractivity contribution in [3.8, 4) is 23.4 Å². The Bertz CT molecular complexity index is 1010. The number of nitrogens with zero attached hydrogens (tertiary/aromatic N) is 3. The molecule has 0 aliphatic carbocycles. The number of aromatic nitrogens is 2. The van der Waals surface area contributed by atoms with Gasteiger partial charge in [-0.2, -0.15) is 19.1 Å². The van der Waals surface area contributed by atoms with Crippen LogP contribution < -0.4 is 4.74 Å². The van der Waals surface area contributed by atoms with Crippen LogP contribution in [0.5, 0.6) is 11.6 Å². The van der Waals surface area contributed by atoms with Crippen molar-refractivity contribution in [3.63, 3.8) is 0 Å². The van der Waals surface area contributed by atoms with Crippen LogP contribution in [0.2, 0.25) is 0 Å². The van der Waals surface area contributed by atoms with Gasteiger partial charge in [-0.25, -0.2) is 13.5 Å². The average Bonchev–Trinajstić information content (AvgIpc) is 2.98. The summed E-state index contributed by atoms with van der Waals surface area (Å²) < 4.78 is 62.8. The molecule has 0 atom stereocenters. The maximum atomic E-state index is 14.1. The van der Waals surface area contributed by atoms with Gasteiger partial charge in [0.05, 0.1) is 11.4 Å². The Morgan fingerprint density at radius 1 is 1.04 bits per heavy atom. The molecule has 0 N–H and O–H groups in total. The molecule has 0 unspecified atom stereocenters. The van der Waals surface area contributed by atoms with E-state index < -0.39 is 34.6 Å². The Balaban J connectivity index is 2.12. The zero-order chi connectivity index (χ0) is 19.0. The predicted octanol–water partition coefficient (Wildman–Crippen LogP) is 5.16. The van der Waals surface area contributed by atoms with Gasteiger partial charge in [0.1, 0.15) is 11.6 Å². The van der Waals surface area contributed by atoms with Gasteiger partial charge < -0.3 is 4.74 Å². The summed E-state index contributed by atoms with van der Waals surface area (Å²) in [5.41, 5.74) is -0.421. The van der Waals surface area contributed by atoms with Crippen molar-refractivity contribution in [2.45, 2.75) is 6.92 Å². The molecular weight excluding hydrogens is 418 g/mol. The van der Waals surface area contributed by atoms with Gasteiger partial charge in [0.15, 0.2) is 11.6 Å². The molecule has 0 amide bonds. The van der Waals surface area contributed by atoms with Crippen molar-refractivity contribution in [1.29, 1.82) is 5.26 Å². The molecule has 0 saturated heterocycles. The normalized spacial score (nSPS) is 10.7. The van der Waals surface area contributed by atoms with Gasteiger partial charge in [-0.05, 0) is 31.2 Å². The van der Waals surface area contributed by atoms with Crippen LogP contribution in [0.3, 0.4) is 0 Å². The van der Waals surface area contributed by atoms with Crippen molar-refractivity contribution in [3.05, 3.63) is 69.3 Å². The van der Waals surface area contributed by atoms with Crippen molar-refractivity contribution < 1.29 is 22.3 Å². The van der Waals surface area contributed by atoms with Gasteiger partial charge in [0, 0.05) is 10.5 Å². The maximum absolute atomic E-state index is 14.1. The van der Waals surface area contributed by atoms with E-state index in [2.05, 4.69) is 21.0 Å². The first-order chi connectivity index (χ1) is 12.3. The van der Waals surface area contributed by atoms with E-state index in [1.54, 1.807) is 31.2 Å². The van der Waals surface area contributed by atoms with Gasteiger partial charge in [-0.15, -0.1) is 0 Å². The van der Waals surface area contributed by atoms with Crippen LogP contribution in [-0.4, -0.2) is 9.78 Å². The Morgan fingerprint density at radius 2 is 1.62 bits per heavy atom. The molecule has 0 spiro atoms. The quantitative estimate of drug-likeness (QED) is 0.429. The third kappa shape index (κ3) is 3.04. The van der Waals surface area contributed by atoms with E-state index in [0.29, 0.717) is 11.4 Å². The second-order valence-electron chi connectivity index (χ2n) is 5.19. The molecule has 9 heteroatoms. The lowest BCUT2D eigenvalue weighted by Gasteiger charge is -2.12. The summed E-state index contributed by atoms with van der Waals surface area (Å²) in [5, 5.41) is 12.8. The van der Waals surface area contributed by atoms with Crippen LogP contribution >= 0.6 is 15.9 Å². The Morgan fingerprint density at radius 3 is 2.15 bits per heavy atom. The molecule has 1 heterocycles. The highest BCUT2D eigenvalue weighted by molar-refractivity contribution is 9.10. The van der Waals surface area contributed by atoms with E-state index in [1.165, 1.54) is 10.7 Å². The fourth-order valence-corrected chi connectivity index (χ4v) is 2.48. The molecule has 3 rings (SSSR count). The van der Waals surface area contributed by atoms with Crippen molar-refractivity contribution in [2.24, 2.45) is 0 Å². The number of ether oxygens (including phenoxy) is 1. The molecular formula is C17H8BrF4N3O. The number of halogens is 5. The largest absolute Gasteiger partial charge is 0.432 e. The molecule has 4 nitrogen and oxygen atoms in total. The lowest BCUT2D eigenvalue weighted by Crippen LogP contribution is -2.06. The van der Waals surface area contributed by atoms with Crippen LogP contribution in [0, 0.1) is 41.5 Å². The zero-order valence-corrected chi connectivity index (χ0v) is 14.6. The third-order valence-corrected chi connectivity index (χ3v) is 3.94. The molecule has 0 bridgehead atoms. The molecule has 0 aliphatic rings. The molecule has 0 aliphatic heterocycles. The van der Waals surface area contributed by atoms with Gasteiger partial charge in [-0.3, -0.25) is 0 Å². The minimum Gasteiger partial charge on any atom is -0.432 e. The van der Waals surface area contributed by atoms with Crippen LogP contribution in [0.4, 0.5) is 17.6 Å².